The first-order chi connectivity index (χ1) is 10.3. The monoisotopic (exact) mass is 345 g/mol. The third-order valence-electron chi connectivity index (χ3n) is 2.86. The Balaban J connectivity index is 2.43. The number of rotatable bonds is 9. The molecule has 0 aliphatic heterocycles. The summed E-state index contributed by atoms with van der Waals surface area (Å²) >= 11 is 7.26. The van der Waals surface area contributed by atoms with Gasteiger partial charge < -0.3 is 15.2 Å². The van der Waals surface area contributed by atoms with Crippen LogP contribution in [0.2, 0.25) is 5.02 Å². The summed E-state index contributed by atoms with van der Waals surface area (Å²) < 4.78 is 5.00. The molecule has 1 aromatic rings. The smallest absolute Gasteiger partial charge is 0.305 e. The van der Waals surface area contributed by atoms with Gasteiger partial charge in [-0.1, -0.05) is 23.7 Å². The number of methoxy groups -OCH3 is 1. The minimum Gasteiger partial charge on any atom is -0.481 e. The molecule has 22 heavy (non-hydrogen) atoms. The van der Waals surface area contributed by atoms with Gasteiger partial charge in [-0.3, -0.25) is 9.59 Å². The third kappa shape index (κ3) is 7.15. The molecule has 2 N–H and O–H groups in total. The van der Waals surface area contributed by atoms with Gasteiger partial charge in [0.25, 0.3) is 0 Å². The van der Waals surface area contributed by atoms with E-state index in [1.165, 1.54) is 18.9 Å². The SMILES string of the molecule is COCC(C)(CC(=O)O)NC(=O)CSCc1ccc(Cl)cc1. The molecule has 0 saturated carbocycles. The zero-order valence-corrected chi connectivity index (χ0v) is 14.2. The molecule has 122 valence electrons. The van der Waals surface area contributed by atoms with Crippen LogP contribution in [-0.2, 0) is 20.1 Å². The average molecular weight is 346 g/mol. The van der Waals surface area contributed by atoms with Crippen molar-refractivity contribution in [2.45, 2.75) is 24.6 Å². The highest BCUT2D eigenvalue weighted by molar-refractivity contribution is 7.99. The molecule has 1 unspecified atom stereocenters. The Kier molecular flexibility index (Phi) is 7.72. The number of amides is 1. The number of hydrogen-bond acceptors (Lipinski definition) is 4. The zero-order chi connectivity index (χ0) is 16.6. The molecular formula is C15H20ClNO4S. The lowest BCUT2D eigenvalue weighted by molar-refractivity contribution is -0.139. The summed E-state index contributed by atoms with van der Waals surface area (Å²) in [5.41, 5.74) is 0.172. The van der Waals surface area contributed by atoms with Crippen molar-refractivity contribution >= 4 is 35.2 Å². The highest BCUT2D eigenvalue weighted by Crippen LogP contribution is 2.16. The summed E-state index contributed by atoms with van der Waals surface area (Å²) in [4.78, 5) is 22.8. The fraction of sp³-hybridized carbons (Fsp3) is 0.467. The van der Waals surface area contributed by atoms with Crippen molar-refractivity contribution in [2.24, 2.45) is 0 Å². The van der Waals surface area contributed by atoms with E-state index >= 15 is 0 Å². The van der Waals surface area contributed by atoms with E-state index in [0.29, 0.717) is 10.8 Å². The second-order valence-electron chi connectivity index (χ2n) is 5.23. The molecule has 0 saturated heterocycles. The van der Waals surface area contributed by atoms with E-state index < -0.39 is 11.5 Å². The van der Waals surface area contributed by atoms with Gasteiger partial charge in [-0.25, -0.2) is 0 Å². The molecule has 0 spiro atoms. The van der Waals surface area contributed by atoms with Gasteiger partial charge in [0, 0.05) is 17.9 Å². The zero-order valence-electron chi connectivity index (χ0n) is 12.6. The van der Waals surface area contributed by atoms with Crippen molar-refractivity contribution < 1.29 is 19.4 Å². The van der Waals surface area contributed by atoms with Crippen LogP contribution in [0.25, 0.3) is 0 Å². The Morgan fingerprint density at radius 1 is 1.36 bits per heavy atom. The Morgan fingerprint density at radius 2 is 2.00 bits per heavy atom. The Morgan fingerprint density at radius 3 is 2.55 bits per heavy atom. The second-order valence-corrected chi connectivity index (χ2v) is 6.65. The fourth-order valence-electron chi connectivity index (χ4n) is 2.00. The quantitative estimate of drug-likeness (QED) is 0.719. The molecule has 0 bridgehead atoms. The second kappa shape index (κ2) is 9.02. The van der Waals surface area contributed by atoms with Gasteiger partial charge in [-0.2, -0.15) is 0 Å². The maximum absolute atomic E-state index is 12.0. The molecule has 1 aromatic carbocycles. The van der Waals surface area contributed by atoms with Crippen LogP contribution in [0.15, 0.2) is 24.3 Å². The van der Waals surface area contributed by atoms with Crippen LogP contribution in [0.3, 0.4) is 0 Å². The van der Waals surface area contributed by atoms with Crippen LogP contribution in [-0.4, -0.2) is 42.0 Å². The molecule has 0 aliphatic rings. The lowest BCUT2D eigenvalue weighted by Crippen LogP contribution is -2.51. The molecule has 1 atom stereocenters. The highest BCUT2D eigenvalue weighted by Gasteiger charge is 2.29. The van der Waals surface area contributed by atoms with Crippen molar-refractivity contribution in [3.8, 4) is 0 Å². The summed E-state index contributed by atoms with van der Waals surface area (Å²) in [6.45, 7) is 1.80. The third-order valence-corrected chi connectivity index (χ3v) is 4.12. The summed E-state index contributed by atoms with van der Waals surface area (Å²) in [6, 6.07) is 7.43. The maximum atomic E-state index is 12.0. The molecule has 7 heteroatoms. The van der Waals surface area contributed by atoms with Gasteiger partial charge in [0.1, 0.15) is 0 Å². The number of nitrogens with one attached hydrogen (secondary N) is 1. The molecule has 5 nitrogen and oxygen atoms in total. The lowest BCUT2D eigenvalue weighted by Gasteiger charge is -2.28. The molecule has 1 rings (SSSR count). The fourth-order valence-corrected chi connectivity index (χ4v) is 2.91. The van der Waals surface area contributed by atoms with Crippen LogP contribution < -0.4 is 5.32 Å². The van der Waals surface area contributed by atoms with E-state index in [0.717, 1.165) is 5.56 Å². The topological polar surface area (TPSA) is 75.6 Å². The van der Waals surface area contributed by atoms with Crippen molar-refractivity contribution in [2.75, 3.05) is 19.5 Å². The van der Waals surface area contributed by atoms with Gasteiger partial charge >= 0.3 is 5.97 Å². The Bertz CT molecular complexity index is 509. The van der Waals surface area contributed by atoms with Crippen LogP contribution in [0.4, 0.5) is 0 Å². The van der Waals surface area contributed by atoms with Crippen LogP contribution in [0.5, 0.6) is 0 Å². The number of carbonyl (C=O) groups excluding carboxylic acids is 1. The number of carbonyl (C=O) groups is 2. The van der Waals surface area contributed by atoms with E-state index in [1.807, 2.05) is 12.1 Å². The van der Waals surface area contributed by atoms with Crippen molar-refractivity contribution in [1.29, 1.82) is 0 Å². The van der Waals surface area contributed by atoms with E-state index in [1.54, 1.807) is 19.1 Å². The van der Waals surface area contributed by atoms with Crippen molar-refractivity contribution in [3.05, 3.63) is 34.9 Å². The molecular weight excluding hydrogens is 326 g/mol. The standard InChI is InChI=1S/C15H20ClNO4S/c1-15(10-21-2,7-14(19)20)17-13(18)9-22-8-11-3-5-12(16)6-4-11/h3-6H,7-10H2,1-2H3,(H,17,18)(H,19,20). The normalized spacial score (nSPS) is 13.4. The number of ether oxygens (including phenoxy) is 1. The molecule has 1 amide bonds. The van der Waals surface area contributed by atoms with Crippen LogP contribution >= 0.6 is 23.4 Å². The van der Waals surface area contributed by atoms with E-state index in [9.17, 15) is 9.59 Å². The molecule has 0 aromatic heterocycles. The molecule has 0 fully saturated rings. The minimum atomic E-state index is -0.978. The molecule has 0 aliphatic carbocycles. The van der Waals surface area contributed by atoms with Crippen molar-refractivity contribution in [1.82, 2.24) is 5.32 Å². The van der Waals surface area contributed by atoms with E-state index in [-0.39, 0.29) is 24.7 Å². The predicted octanol–water partition coefficient (Wildman–Crippen LogP) is 2.57. The van der Waals surface area contributed by atoms with Gasteiger partial charge in [0.2, 0.25) is 5.91 Å². The Hall–Kier alpha value is -1.24. The minimum absolute atomic E-state index is 0.146. The van der Waals surface area contributed by atoms with E-state index in [4.69, 9.17) is 21.4 Å². The largest absolute Gasteiger partial charge is 0.481 e. The van der Waals surface area contributed by atoms with Gasteiger partial charge in [0.15, 0.2) is 0 Å². The summed E-state index contributed by atoms with van der Waals surface area (Å²) in [5.74, 6) is -0.250. The summed E-state index contributed by atoms with van der Waals surface area (Å²) in [6.07, 6.45) is -0.186. The van der Waals surface area contributed by atoms with Crippen LogP contribution in [0, 0.1) is 0 Å². The van der Waals surface area contributed by atoms with Crippen LogP contribution in [0.1, 0.15) is 18.9 Å². The van der Waals surface area contributed by atoms with Gasteiger partial charge in [-0.05, 0) is 24.6 Å². The first kappa shape index (κ1) is 18.8. The molecule has 0 radical (unpaired) electrons. The number of benzene rings is 1. The number of carboxylic acids is 1. The predicted molar refractivity (Wildman–Crippen MR) is 88.3 cm³/mol. The van der Waals surface area contributed by atoms with Gasteiger partial charge in [-0.15, -0.1) is 11.8 Å². The maximum Gasteiger partial charge on any atom is 0.305 e. The number of carboxylic acid groups (broad SMARTS) is 1. The first-order valence-corrected chi connectivity index (χ1v) is 8.22. The molecule has 0 heterocycles. The first-order valence-electron chi connectivity index (χ1n) is 6.68. The average Bonchev–Trinajstić information content (AvgIpc) is 2.39. The van der Waals surface area contributed by atoms with E-state index in [2.05, 4.69) is 5.32 Å². The lowest BCUT2D eigenvalue weighted by atomic mass is 9.99. The van der Waals surface area contributed by atoms with Gasteiger partial charge in [0.05, 0.1) is 24.3 Å². The summed E-state index contributed by atoms with van der Waals surface area (Å²) in [7, 11) is 1.47. The summed E-state index contributed by atoms with van der Waals surface area (Å²) in [5, 5.41) is 12.3. The highest BCUT2D eigenvalue weighted by atomic mass is 35.5. The number of halogens is 1. The number of thioether (sulfide) groups is 1. The number of aliphatic carboxylic acids is 1. The Labute approximate surface area is 139 Å². The van der Waals surface area contributed by atoms with Crippen molar-refractivity contribution in [3.63, 3.8) is 0 Å². The number of hydrogen-bond donors (Lipinski definition) is 2.